The molecule has 0 atom stereocenters. The number of rotatable bonds is 3. The fourth-order valence-corrected chi connectivity index (χ4v) is 5.84. The van der Waals surface area contributed by atoms with Gasteiger partial charge in [-0.2, -0.15) is 0 Å². The molecule has 0 unspecified atom stereocenters. The van der Waals surface area contributed by atoms with Crippen molar-refractivity contribution in [1.82, 2.24) is 19.7 Å². The molecule has 3 aliphatic rings. The molecule has 8 nitrogen and oxygen atoms in total. The smallest absolute Gasteiger partial charge is 0.225 e. The lowest BCUT2D eigenvalue weighted by atomic mass is 9.94. The van der Waals surface area contributed by atoms with Crippen LogP contribution in [-0.4, -0.2) is 70.8 Å². The second kappa shape index (κ2) is 7.94. The Morgan fingerprint density at radius 2 is 1.60 bits per heavy atom. The Labute approximate surface area is 180 Å². The monoisotopic (exact) mass is 431 g/mol. The van der Waals surface area contributed by atoms with E-state index in [-0.39, 0.29) is 5.92 Å². The van der Waals surface area contributed by atoms with Gasteiger partial charge in [0.1, 0.15) is 0 Å². The van der Waals surface area contributed by atoms with E-state index < -0.39 is 5.79 Å². The minimum atomic E-state index is -0.424. The number of nitrogens with zero attached hydrogens (tertiary/aromatic N) is 5. The van der Waals surface area contributed by atoms with Crippen LogP contribution in [0.2, 0.25) is 0 Å². The first-order chi connectivity index (χ1) is 14.5. The topological polar surface area (TPSA) is 72.7 Å². The van der Waals surface area contributed by atoms with Crippen molar-refractivity contribution in [1.29, 1.82) is 0 Å². The van der Waals surface area contributed by atoms with Gasteiger partial charge in [-0.15, -0.1) is 10.2 Å². The summed E-state index contributed by atoms with van der Waals surface area (Å²) in [5.74, 6) is -0.0346. The van der Waals surface area contributed by atoms with Crippen LogP contribution in [0.1, 0.15) is 37.1 Å². The predicted molar refractivity (Wildman–Crippen MR) is 114 cm³/mol. The minimum absolute atomic E-state index is 0.0991. The van der Waals surface area contributed by atoms with Gasteiger partial charge in [0.15, 0.2) is 5.79 Å². The van der Waals surface area contributed by atoms with Crippen LogP contribution in [0.5, 0.6) is 0 Å². The van der Waals surface area contributed by atoms with Crippen LogP contribution >= 0.6 is 11.3 Å². The fourth-order valence-electron chi connectivity index (χ4n) is 4.83. The number of ether oxygens (including phenoxy) is 2. The Balaban J connectivity index is 1.16. The maximum absolute atomic E-state index is 13.0. The lowest BCUT2D eigenvalue weighted by Gasteiger charge is -2.40. The van der Waals surface area contributed by atoms with Crippen molar-refractivity contribution in [3.05, 3.63) is 23.5 Å². The molecule has 0 aromatic carbocycles. The highest BCUT2D eigenvalue weighted by Gasteiger charge is 2.42. The van der Waals surface area contributed by atoms with Gasteiger partial charge in [0.2, 0.25) is 16.2 Å². The van der Waals surface area contributed by atoms with Gasteiger partial charge in [0.25, 0.3) is 0 Å². The third-order valence-electron chi connectivity index (χ3n) is 6.63. The number of piperidine rings is 2. The number of carbonyl (C=O) groups excluding carboxylic acids is 1. The van der Waals surface area contributed by atoms with Crippen LogP contribution in [-0.2, 0) is 14.3 Å². The molecule has 9 heteroatoms. The van der Waals surface area contributed by atoms with Gasteiger partial charge in [-0.3, -0.25) is 9.36 Å². The first-order valence-corrected chi connectivity index (χ1v) is 11.7. The normalized spacial score (nSPS) is 22.2. The van der Waals surface area contributed by atoms with Crippen molar-refractivity contribution < 1.29 is 14.3 Å². The number of anilines is 1. The zero-order valence-electron chi connectivity index (χ0n) is 17.7. The SMILES string of the molecule is Cc1ccc(C)n1-c1nnc(N2CCC(C(=O)N3CCC4(CC3)OCCO4)CC2)s1. The van der Waals surface area contributed by atoms with E-state index in [0.29, 0.717) is 19.1 Å². The molecule has 2 aromatic rings. The number of aromatic nitrogens is 3. The van der Waals surface area contributed by atoms with E-state index in [2.05, 4.69) is 45.6 Å². The number of amides is 1. The summed E-state index contributed by atoms with van der Waals surface area (Å²) >= 11 is 1.62. The van der Waals surface area contributed by atoms with Crippen LogP contribution in [0.4, 0.5) is 5.13 Å². The predicted octanol–water partition coefficient (Wildman–Crippen LogP) is 2.53. The second-order valence-electron chi connectivity index (χ2n) is 8.51. The molecule has 1 amide bonds. The summed E-state index contributed by atoms with van der Waals surface area (Å²) in [6, 6.07) is 4.20. The first kappa shape index (κ1) is 20.0. The zero-order valence-corrected chi connectivity index (χ0v) is 18.5. The van der Waals surface area contributed by atoms with E-state index in [1.165, 1.54) is 0 Å². The maximum Gasteiger partial charge on any atom is 0.225 e. The van der Waals surface area contributed by atoms with E-state index in [1.807, 2.05) is 4.90 Å². The summed E-state index contributed by atoms with van der Waals surface area (Å²) in [6.07, 6.45) is 3.29. The molecule has 3 saturated heterocycles. The number of aryl methyl sites for hydroxylation is 2. The zero-order chi connectivity index (χ0) is 20.7. The number of carbonyl (C=O) groups is 1. The van der Waals surface area contributed by atoms with Crippen LogP contribution < -0.4 is 4.90 Å². The minimum Gasteiger partial charge on any atom is -0.347 e. The van der Waals surface area contributed by atoms with E-state index in [9.17, 15) is 4.79 Å². The molecular weight excluding hydrogens is 402 g/mol. The van der Waals surface area contributed by atoms with Crippen LogP contribution in [0.25, 0.3) is 5.13 Å². The molecular formula is C21H29N5O3S. The summed E-state index contributed by atoms with van der Waals surface area (Å²) in [6.45, 7) is 8.66. The quantitative estimate of drug-likeness (QED) is 0.744. The first-order valence-electron chi connectivity index (χ1n) is 10.9. The molecule has 0 aliphatic carbocycles. The average Bonchev–Trinajstić information content (AvgIpc) is 3.50. The molecule has 3 aliphatic heterocycles. The highest BCUT2D eigenvalue weighted by molar-refractivity contribution is 7.17. The molecule has 0 bridgehead atoms. The highest BCUT2D eigenvalue weighted by atomic mass is 32.1. The van der Waals surface area contributed by atoms with Crippen molar-refractivity contribution in [2.24, 2.45) is 5.92 Å². The third kappa shape index (κ3) is 3.63. The summed E-state index contributed by atoms with van der Waals surface area (Å²) in [7, 11) is 0. The van der Waals surface area contributed by atoms with Crippen molar-refractivity contribution >= 4 is 22.4 Å². The summed E-state index contributed by atoms with van der Waals surface area (Å²) in [5, 5.41) is 10.7. The Morgan fingerprint density at radius 3 is 2.23 bits per heavy atom. The van der Waals surface area contributed by atoms with Gasteiger partial charge >= 0.3 is 0 Å². The van der Waals surface area contributed by atoms with E-state index >= 15 is 0 Å². The van der Waals surface area contributed by atoms with Gasteiger partial charge < -0.3 is 19.3 Å². The molecule has 5 heterocycles. The van der Waals surface area contributed by atoms with Crippen molar-refractivity contribution in [2.45, 2.75) is 45.3 Å². The number of likely N-dealkylation sites (tertiary alicyclic amines) is 1. The summed E-state index contributed by atoms with van der Waals surface area (Å²) in [5.41, 5.74) is 2.33. The molecule has 0 radical (unpaired) electrons. The molecule has 162 valence electrons. The standard InChI is InChI=1S/C21H29N5O3S/c1-15-3-4-16(2)26(15)20-23-22-19(30-20)25-9-5-17(6-10-25)18(27)24-11-7-21(8-12-24)28-13-14-29-21/h3-4,17H,5-14H2,1-2H3. The molecule has 30 heavy (non-hydrogen) atoms. The lowest BCUT2D eigenvalue weighted by molar-refractivity contribution is -0.188. The van der Waals surface area contributed by atoms with Gasteiger partial charge in [0.05, 0.1) is 13.2 Å². The Bertz CT molecular complexity index is 882. The third-order valence-corrected chi connectivity index (χ3v) is 7.60. The molecule has 0 N–H and O–H groups in total. The van der Waals surface area contributed by atoms with Crippen molar-refractivity contribution in [2.75, 3.05) is 44.3 Å². The number of hydrogen-bond acceptors (Lipinski definition) is 7. The van der Waals surface area contributed by atoms with Crippen LogP contribution in [0.3, 0.4) is 0 Å². The van der Waals surface area contributed by atoms with Gasteiger partial charge in [-0.25, -0.2) is 0 Å². The molecule has 5 rings (SSSR count). The second-order valence-corrected chi connectivity index (χ2v) is 9.45. The van der Waals surface area contributed by atoms with Gasteiger partial charge in [0, 0.05) is 56.3 Å². The van der Waals surface area contributed by atoms with E-state index in [4.69, 9.17) is 9.47 Å². The fraction of sp³-hybridized carbons (Fsp3) is 0.667. The van der Waals surface area contributed by atoms with Gasteiger partial charge in [-0.05, 0) is 38.8 Å². The Kier molecular flexibility index (Phi) is 5.28. The summed E-state index contributed by atoms with van der Waals surface area (Å²) in [4.78, 5) is 17.3. The molecule has 3 fully saturated rings. The van der Waals surface area contributed by atoms with E-state index in [1.54, 1.807) is 11.3 Å². The number of hydrogen-bond donors (Lipinski definition) is 0. The average molecular weight is 432 g/mol. The lowest BCUT2D eigenvalue weighted by Crippen LogP contribution is -2.50. The molecule has 2 aromatic heterocycles. The van der Waals surface area contributed by atoms with Gasteiger partial charge in [-0.1, -0.05) is 11.3 Å². The summed E-state index contributed by atoms with van der Waals surface area (Å²) < 4.78 is 13.7. The maximum atomic E-state index is 13.0. The molecule has 1 spiro atoms. The highest BCUT2D eigenvalue weighted by Crippen LogP contribution is 2.33. The largest absolute Gasteiger partial charge is 0.347 e. The van der Waals surface area contributed by atoms with E-state index in [0.717, 1.165) is 73.5 Å². The van der Waals surface area contributed by atoms with Crippen molar-refractivity contribution in [3.63, 3.8) is 0 Å². The Hall–Kier alpha value is -1.97. The van der Waals surface area contributed by atoms with Crippen molar-refractivity contribution in [3.8, 4) is 5.13 Å². The Morgan fingerprint density at radius 1 is 1.00 bits per heavy atom. The molecule has 0 saturated carbocycles. The van der Waals surface area contributed by atoms with Crippen LogP contribution in [0.15, 0.2) is 12.1 Å². The van der Waals surface area contributed by atoms with Crippen LogP contribution in [0, 0.1) is 19.8 Å².